The maximum atomic E-state index is 12.6. The summed E-state index contributed by atoms with van der Waals surface area (Å²) in [4.78, 5) is 28.5. The van der Waals surface area contributed by atoms with E-state index in [9.17, 15) is 18.0 Å². The first-order valence-corrected chi connectivity index (χ1v) is 17.1. The smallest absolute Gasteiger partial charge is 0.242 e. The van der Waals surface area contributed by atoms with Crippen LogP contribution >= 0.6 is 0 Å². The lowest BCUT2D eigenvalue weighted by atomic mass is 10.0. The third kappa shape index (κ3) is 10.3. The van der Waals surface area contributed by atoms with Crippen molar-refractivity contribution in [3.63, 3.8) is 0 Å². The van der Waals surface area contributed by atoms with Crippen molar-refractivity contribution in [2.45, 2.75) is 26.3 Å². The summed E-state index contributed by atoms with van der Waals surface area (Å²) in [5.74, 6) is 0.243. The molecule has 1 fully saturated rings. The van der Waals surface area contributed by atoms with E-state index >= 15 is 0 Å². The van der Waals surface area contributed by atoms with Crippen molar-refractivity contribution in [3.8, 4) is 0 Å². The molecule has 3 aromatic rings. The number of amides is 2. The number of sulfonamides is 1. The number of para-hydroxylation sites is 2. The van der Waals surface area contributed by atoms with Crippen LogP contribution in [0.5, 0.6) is 0 Å². The number of carbonyl (C=O) groups is 2. The third-order valence-corrected chi connectivity index (χ3v) is 8.29. The predicted octanol–water partition coefficient (Wildman–Crippen LogP) is 2.37. The summed E-state index contributed by atoms with van der Waals surface area (Å²) in [6, 6.07) is 23.4. The van der Waals surface area contributed by atoms with Gasteiger partial charge in [0.1, 0.15) is 0 Å². The number of carbonyl (C=O) groups excluding carboxylic acids is 2. The minimum absolute atomic E-state index is 0.0381. The van der Waals surface area contributed by atoms with Gasteiger partial charge in [-0.1, -0.05) is 91.9 Å². The fourth-order valence-corrected chi connectivity index (χ4v) is 5.92. The quantitative estimate of drug-likeness (QED) is 0.334. The highest BCUT2D eigenvalue weighted by Gasteiger charge is 2.23. The molecule has 1 atom stereocenters. The van der Waals surface area contributed by atoms with Crippen LogP contribution < -0.4 is 31.1 Å². The van der Waals surface area contributed by atoms with Gasteiger partial charge in [0, 0.05) is 39.1 Å². The molecular formula is C35H43N5O4S. The monoisotopic (exact) mass is 629 g/mol. The van der Waals surface area contributed by atoms with Gasteiger partial charge in [0.05, 0.1) is 24.2 Å². The van der Waals surface area contributed by atoms with E-state index in [1.165, 1.54) is 10.4 Å². The van der Waals surface area contributed by atoms with Crippen molar-refractivity contribution >= 4 is 45.4 Å². The first-order chi connectivity index (χ1) is 21.6. The molecule has 0 saturated carbocycles. The molecule has 1 saturated heterocycles. The van der Waals surface area contributed by atoms with Crippen LogP contribution in [-0.2, 0) is 32.6 Å². The zero-order valence-electron chi connectivity index (χ0n) is 26.0. The topological polar surface area (TPSA) is 125 Å². The highest BCUT2D eigenvalue weighted by Crippen LogP contribution is 2.27. The van der Waals surface area contributed by atoms with Crippen LogP contribution in [0.2, 0.25) is 0 Å². The summed E-state index contributed by atoms with van der Waals surface area (Å²) < 4.78 is 25.8. The predicted molar refractivity (Wildman–Crippen MR) is 182 cm³/mol. The Morgan fingerprint density at radius 3 is 2.24 bits per heavy atom. The minimum Gasteiger partial charge on any atom is -0.366 e. The van der Waals surface area contributed by atoms with Gasteiger partial charge >= 0.3 is 0 Å². The van der Waals surface area contributed by atoms with Crippen molar-refractivity contribution in [2.24, 2.45) is 11.7 Å². The molecule has 0 radical (unpaired) electrons. The lowest BCUT2D eigenvalue weighted by Gasteiger charge is -2.37. The molecule has 2 amide bonds. The Bertz CT molecular complexity index is 1730. The molecule has 0 aromatic heterocycles. The van der Waals surface area contributed by atoms with Crippen molar-refractivity contribution in [1.82, 2.24) is 10.2 Å². The van der Waals surface area contributed by atoms with Gasteiger partial charge in [0.25, 0.3) is 0 Å². The Kier molecular flexibility index (Phi) is 11.9. The molecule has 238 valence electrons. The molecule has 1 heterocycles. The van der Waals surface area contributed by atoms with Crippen molar-refractivity contribution < 1.29 is 18.0 Å². The van der Waals surface area contributed by atoms with Gasteiger partial charge in [-0.15, -0.1) is 0 Å². The molecule has 45 heavy (non-hydrogen) atoms. The molecule has 1 aliphatic carbocycles. The van der Waals surface area contributed by atoms with E-state index in [1.807, 2.05) is 41.3 Å². The van der Waals surface area contributed by atoms with Crippen LogP contribution in [0.4, 0.5) is 11.4 Å². The summed E-state index contributed by atoms with van der Waals surface area (Å²) in [6.07, 6.45) is 10.8. The molecule has 9 nitrogen and oxygen atoms in total. The van der Waals surface area contributed by atoms with Crippen LogP contribution in [0.25, 0.3) is 12.2 Å². The number of nitrogens with two attached hydrogens (primary N) is 1. The first-order valence-electron chi connectivity index (χ1n) is 15.2. The Labute approximate surface area is 266 Å². The number of hydrogen-bond donors (Lipinski definition) is 3. The third-order valence-electron chi connectivity index (χ3n) is 7.70. The molecule has 0 spiro atoms. The number of nitrogens with one attached hydrogen (secondary N) is 2. The molecule has 4 N–H and O–H groups in total. The molecule has 0 bridgehead atoms. The molecule has 1 aliphatic heterocycles. The van der Waals surface area contributed by atoms with E-state index in [2.05, 4.69) is 65.5 Å². The van der Waals surface area contributed by atoms with Crippen molar-refractivity contribution in [3.05, 3.63) is 107 Å². The molecular weight excluding hydrogens is 586 g/mol. The van der Waals surface area contributed by atoms with Gasteiger partial charge in [-0.05, 0) is 46.0 Å². The van der Waals surface area contributed by atoms with E-state index in [0.29, 0.717) is 57.2 Å². The van der Waals surface area contributed by atoms with E-state index in [4.69, 9.17) is 5.73 Å². The largest absolute Gasteiger partial charge is 0.366 e. The van der Waals surface area contributed by atoms with Crippen LogP contribution in [0.15, 0.2) is 84.9 Å². The second-order valence-corrected chi connectivity index (χ2v) is 13.0. The molecule has 3 aromatic carbocycles. The van der Waals surface area contributed by atoms with Gasteiger partial charge in [-0.3, -0.25) is 14.3 Å². The number of anilines is 2. The average molecular weight is 630 g/mol. The van der Waals surface area contributed by atoms with Crippen molar-refractivity contribution in [2.75, 3.05) is 48.6 Å². The molecule has 5 rings (SSSR count). The number of allylic oxidation sites excluding steroid dienone is 2. The van der Waals surface area contributed by atoms with E-state index in [1.54, 1.807) is 17.0 Å². The van der Waals surface area contributed by atoms with Crippen LogP contribution in [-0.4, -0.2) is 64.1 Å². The second kappa shape index (κ2) is 16.1. The fourth-order valence-electron chi connectivity index (χ4n) is 5.34. The molecule has 10 heteroatoms. The number of hydrogen-bond acceptors (Lipinski definition) is 6. The van der Waals surface area contributed by atoms with E-state index in [-0.39, 0.29) is 18.4 Å². The number of rotatable bonds is 9. The lowest BCUT2D eigenvalue weighted by molar-refractivity contribution is -0.133. The number of fused-ring (bicyclic) bond motifs is 1. The van der Waals surface area contributed by atoms with Crippen LogP contribution in [0, 0.1) is 5.92 Å². The summed E-state index contributed by atoms with van der Waals surface area (Å²) in [5, 5.41) is 5.37. The SMILES string of the molecule is CC1C=CC=c2ccccc2=C1.CS(=O)(=O)Nc1ccccc1N1CCN(C(=O)CNC(=O)CCc2ccccc2CN)CC1. The Morgan fingerprint density at radius 2 is 1.53 bits per heavy atom. The van der Waals surface area contributed by atoms with Gasteiger partial charge in [-0.25, -0.2) is 8.42 Å². The summed E-state index contributed by atoms with van der Waals surface area (Å²) in [6.45, 7) is 4.71. The Morgan fingerprint density at radius 1 is 0.889 bits per heavy atom. The van der Waals surface area contributed by atoms with Crippen LogP contribution in [0.1, 0.15) is 24.5 Å². The number of nitrogens with zero attached hydrogens (tertiary/aromatic N) is 2. The van der Waals surface area contributed by atoms with Crippen molar-refractivity contribution in [1.29, 1.82) is 0 Å². The molecule has 1 unspecified atom stereocenters. The second-order valence-electron chi connectivity index (χ2n) is 11.2. The summed E-state index contributed by atoms with van der Waals surface area (Å²) >= 11 is 0. The summed E-state index contributed by atoms with van der Waals surface area (Å²) in [5.41, 5.74) is 9.10. The first kappa shape index (κ1) is 33.5. The maximum absolute atomic E-state index is 12.6. The molecule has 2 aliphatic rings. The van der Waals surface area contributed by atoms with E-state index in [0.717, 1.165) is 23.1 Å². The minimum atomic E-state index is -3.39. The van der Waals surface area contributed by atoms with E-state index < -0.39 is 10.0 Å². The van der Waals surface area contributed by atoms with Gasteiger partial charge in [-0.2, -0.15) is 0 Å². The Balaban J connectivity index is 0.000000318. The average Bonchev–Trinajstić information content (AvgIpc) is 3.23. The highest BCUT2D eigenvalue weighted by atomic mass is 32.2. The maximum Gasteiger partial charge on any atom is 0.242 e. The van der Waals surface area contributed by atoms with Gasteiger partial charge in [0.2, 0.25) is 21.8 Å². The van der Waals surface area contributed by atoms with Gasteiger partial charge in [0.15, 0.2) is 0 Å². The van der Waals surface area contributed by atoms with Gasteiger partial charge < -0.3 is 20.9 Å². The van der Waals surface area contributed by atoms with Crippen LogP contribution in [0.3, 0.4) is 0 Å². The Hall–Kier alpha value is -4.41. The zero-order valence-corrected chi connectivity index (χ0v) is 26.8. The lowest BCUT2D eigenvalue weighted by Crippen LogP contribution is -2.51. The number of aryl methyl sites for hydroxylation is 1. The normalized spacial score (nSPS) is 15.8. The summed E-state index contributed by atoms with van der Waals surface area (Å²) in [7, 11) is -3.39. The highest BCUT2D eigenvalue weighted by molar-refractivity contribution is 7.92. The number of benzene rings is 3. The fraction of sp³-hybridized carbons (Fsp3) is 0.314. The zero-order chi connectivity index (χ0) is 32.2. The standard InChI is InChI=1S/C23H31N5O4S.C12H12/c1-33(31,32)26-20-8-4-5-9-21(20)27-12-14-28(15-13-27)23(30)17-25-22(29)11-10-18-6-2-3-7-19(18)16-24;1-10-5-4-8-11-6-2-3-7-12(11)9-10/h2-9,26H,10-17,24H2,1H3,(H,25,29);2-10H,1H3. The number of piperazine rings is 1.